The number of ether oxygens (including phenoxy) is 3. The van der Waals surface area contributed by atoms with Gasteiger partial charge < -0.3 is 14.2 Å². The van der Waals surface area contributed by atoms with Crippen molar-refractivity contribution in [1.82, 2.24) is 5.01 Å². The van der Waals surface area contributed by atoms with Crippen LogP contribution in [0.3, 0.4) is 0 Å². The van der Waals surface area contributed by atoms with E-state index in [-0.39, 0.29) is 25.7 Å². The number of nitrogens with two attached hydrogens (primary N) is 1. The molecular weight excluding hydrogens is 392 g/mol. The monoisotopic (exact) mass is 430 g/mol. The van der Waals surface area contributed by atoms with Crippen molar-refractivity contribution in [2.45, 2.75) is 111 Å². The molecule has 0 aromatic carbocycles. The predicted molar refractivity (Wildman–Crippen MR) is 111 cm³/mol. The summed E-state index contributed by atoms with van der Waals surface area (Å²) < 4.78 is 15.7. The molecule has 0 saturated carbocycles. The lowest BCUT2D eigenvalue weighted by Crippen LogP contribution is -2.51. The van der Waals surface area contributed by atoms with E-state index in [0.717, 1.165) is 5.01 Å². The maximum Gasteiger partial charge on any atom is 0.331 e. The van der Waals surface area contributed by atoms with Gasteiger partial charge in [-0.05, 0) is 68.7 Å². The zero-order valence-corrected chi connectivity index (χ0v) is 19.8. The molecule has 30 heavy (non-hydrogen) atoms. The molecule has 0 rings (SSSR count). The summed E-state index contributed by atoms with van der Waals surface area (Å²) in [5, 5.41) is 0.725. The van der Waals surface area contributed by atoms with Gasteiger partial charge in [0.2, 0.25) is 5.91 Å². The van der Waals surface area contributed by atoms with Crippen LogP contribution in [-0.4, -0.2) is 51.7 Å². The lowest BCUT2D eigenvalue weighted by molar-refractivity contribution is -0.166. The minimum atomic E-state index is -1.19. The third-order valence-electron chi connectivity index (χ3n) is 3.31. The molecule has 174 valence electrons. The van der Waals surface area contributed by atoms with Crippen LogP contribution in [0.1, 0.15) is 88.0 Å². The van der Waals surface area contributed by atoms with Crippen molar-refractivity contribution < 1.29 is 33.4 Å². The van der Waals surface area contributed by atoms with Crippen molar-refractivity contribution in [1.29, 1.82) is 0 Å². The Balaban J connectivity index is 5.14. The van der Waals surface area contributed by atoms with Gasteiger partial charge in [-0.1, -0.05) is 0 Å². The van der Waals surface area contributed by atoms with Crippen molar-refractivity contribution in [2.24, 2.45) is 5.84 Å². The maximum atomic E-state index is 12.6. The van der Waals surface area contributed by atoms with E-state index < -0.39 is 46.7 Å². The van der Waals surface area contributed by atoms with E-state index in [1.54, 1.807) is 62.3 Å². The van der Waals surface area contributed by atoms with Gasteiger partial charge in [-0.2, -0.15) is 0 Å². The van der Waals surface area contributed by atoms with Crippen LogP contribution in [0.5, 0.6) is 0 Å². The molecule has 2 N–H and O–H groups in total. The summed E-state index contributed by atoms with van der Waals surface area (Å²) in [6.45, 7) is 15.4. The highest BCUT2D eigenvalue weighted by Gasteiger charge is 2.33. The average molecular weight is 431 g/mol. The highest BCUT2D eigenvalue weighted by Crippen LogP contribution is 2.17. The van der Waals surface area contributed by atoms with Gasteiger partial charge in [-0.3, -0.25) is 19.4 Å². The first-order valence-corrected chi connectivity index (χ1v) is 10.0. The Hall–Kier alpha value is -2.16. The van der Waals surface area contributed by atoms with Crippen molar-refractivity contribution in [3.05, 3.63) is 0 Å². The van der Waals surface area contributed by atoms with Crippen LogP contribution >= 0.6 is 0 Å². The Bertz CT molecular complexity index is 625. The maximum absolute atomic E-state index is 12.6. The molecule has 0 bridgehead atoms. The molecule has 0 radical (unpaired) electrons. The predicted octanol–water partition coefficient (Wildman–Crippen LogP) is 2.64. The zero-order chi connectivity index (χ0) is 23.9. The van der Waals surface area contributed by atoms with Gasteiger partial charge in [0.25, 0.3) is 0 Å². The number of carbonyl (C=O) groups is 4. The molecule has 0 aliphatic heterocycles. The summed E-state index contributed by atoms with van der Waals surface area (Å²) >= 11 is 0. The minimum Gasteiger partial charge on any atom is -0.460 e. The second-order valence-electron chi connectivity index (χ2n) is 10.1. The first-order chi connectivity index (χ1) is 13.3. The number of hydrogen-bond donors (Lipinski definition) is 1. The molecule has 1 unspecified atom stereocenters. The first kappa shape index (κ1) is 27.8. The summed E-state index contributed by atoms with van der Waals surface area (Å²) in [7, 11) is 0. The Morgan fingerprint density at radius 2 is 1.10 bits per heavy atom. The average Bonchev–Trinajstić information content (AvgIpc) is 2.47. The Morgan fingerprint density at radius 3 is 1.50 bits per heavy atom. The molecule has 9 nitrogen and oxygen atoms in total. The van der Waals surface area contributed by atoms with Gasteiger partial charge in [0.05, 0.1) is 6.42 Å². The fourth-order valence-corrected chi connectivity index (χ4v) is 2.29. The van der Waals surface area contributed by atoms with Crippen LogP contribution in [0.15, 0.2) is 0 Å². The van der Waals surface area contributed by atoms with E-state index in [2.05, 4.69) is 0 Å². The quantitative estimate of drug-likeness (QED) is 0.205. The first-order valence-electron chi connectivity index (χ1n) is 10.0. The molecule has 0 heterocycles. The lowest BCUT2D eigenvalue weighted by Gasteiger charge is -2.29. The van der Waals surface area contributed by atoms with Gasteiger partial charge in [-0.15, -0.1) is 0 Å². The van der Waals surface area contributed by atoms with Gasteiger partial charge in [0.15, 0.2) is 0 Å². The topological polar surface area (TPSA) is 125 Å². The van der Waals surface area contributed by atoms with Crippen LogP contribution in [0.4, 0.5) is 0 Å². The molecule has 0 spiro atoms. The van der Waals surface area contributed by atoms with E-state index in [9.17, 15) is 19.2 Å². The van der Waals surface area contributed by atoms with Crippen LogP contribution in [0, 0.1) is 0 Å². The fraction of sp³-hybridized carbons (Fsp3) is 0.810. The number of amides is 1. The Morgan fingerprint density at radius 1 is 0.700 bits per heavy atom. The molecule has 9 heteroatoms. The van der Waals surface area contributed by atoms with E-state index in [4.69, 9.17) is 20.1 Å². The summed E-state index contributed by atoms with van der Waals surface area (Å²) in [6, 6.07) is -1.19. The molecule has 0 saturated heterocycles. The molecular formula is C21H38N2O7. The zero-order valence-electron chi connectivity index (χ0n) is 19.8. The van der Waals surface area contributed by atoms with Gasteiger partial charge in [-0.25, -0.2) is 10.6 Å². The number of hydrogen-bond acceptors (Lipinski definition) is 8. The Labute approximate surface area is 179 Å². The number of hydrazine groups is 1. The second-order valence-corrected chi connectivity index (χ2v) is 10.1. The largest absolute Gasteiger partial charge is 0.460 e. The summed E-state index contributed by atoms with van der Waals surface area (Å²) in [6.07, 6.45) is -0.624. The SMILES string of the molecule is CC(C)(C)OC(=O)CCC(=O)N(N)C(CCC(=O)OC(C)(C)C)C(=O)OC(C)(C)C. The van der Waals surface area contributed by atoms with Gasteiger partial charge in [0, 0.05) is 12.8 Å². The summed E-state index contributed by atoms with van der Waals surface area (Å²) in [5.74, 6) is 3.44. The molecule has 0 aromatic heterocycles. The normalized spacial score (nSPS) is 13.3. The van der Waals surface area contributed by atoms with Gasteiger partial charge >= 0.3 is 17.9 Å². The lowest BCUT2D eigenvalue weighted by atomic mass is 10.1. The number of esters is 3. The third-order valence-corrected chi connectivity index (χ3v) is 3.31. The molecule has 1 atom stereocenters. The molecule has 0 aliphatic rings. The highest BCUT2D eigenvalue weighted by atomic mass is 16.6. The smallest absolute Gasteiger partial charge is 0.331 e. The molecule has 0 aromatic rings. The number of rotatable bonds is 8. The minimum absolute atomic E-state index is 0.0709. The molecule has 0 fully saturated rings. The second kappa shape index (κ2) is 10.7. The Kier molecular flexibility index (Phi) is 9.97. The van der Waals surface area contributed by atoms with Crippen LogP contribution in [-0.2, 0) is 33.4 Å². The van der Waals surface area contributed by atoms with Crippen molar-refractivity contribution in [2.75, 3.05) is 0 Å². The summed E-state index contributed by atoms with van der Waals surface area (Å²) in [4.78, 5) is 48.9. The van der Waals surface area contributed by atoms with Crippen molar-refractivity contribution in [3.63, 3.8) is 0 Å². The van der Waals surface area contributed by atoms with E-state index in [1.807, 2.05) is 0 Å². The van der Waals surface area contributed by atoms with E-state index in [0.29, 0.717) is 0 Å². The summed E-state index contributed by atoms with van der Waals surface area (Å²) in [5.41, 5.74) is -2.15. The van der Waals surface area contributed by atoms with Gasteiger partial charge in [0.1, 0.15) is 22.8 Å². The highest BCUT2D eigenvalue weighted by molar-refractivity contribution is 5.86. The van der Waals surface area contributed by atoms with E-state index >= 15 is 0 Å². The number of carbonyl (C=O) groups excluding carboxylic acids is 4. The molecule has 0 aliphatic carbocycles. The fourth-order valence-electron chi connectivity index (χ4n) is 2.29. The van der Waals surface area contributed by atoms with Crippen LogP contribution in [0.2, 0.25) is 0 Å². The van der Waals surface area contributed by atoms with Crippen LogP contribution in [0.25, 0.3) is 0 Å². The molecule has 1 amide bonds. The van der Waals surface area contributed by atoms with Crippen molar-refractivity contribution >= 4 is 23.8 Å². The van der Waals surface area contributed by atoms with Crippen LogP contribution < -0.4 is 5.84 Å². The van der Waals surface area contributed by atoms with E-state index in [1.165, 1.54) is 0 Å². The van der Waals surface area contributed by atoms with Crippen molar-refractivity contribution in [3.8, 4) is 0 Å². The standard InChI is InChI=1S/C21H38N2O7/c1-19(2,3)28-16(25)12-10-14(18(27)30-21(7,8)9)23(22)15(24)11-13-17(26)29-20(4,5)6/h14H,10-13,22H2,1-9H3. The third kappa shape index (κ3) is 13.1. The number of nitrogens with zero attached hydrogens (tertiary/aromatic N) is 1.